The lowest BCUT2D eigenvalue weighted by molar-refractivity contribution is 1.01. The van der Waals surface area contributed by atoms with Gasteiger partial charge in [-0.25, -0.2) is 0 Å². The van der Waals surface area contributed by atoms with Crippen LogP contribution in [0.15, 0.2) is 21.5 Å². The molecular weight excluding hydrogens is 232 g/mol. The predicted octanol–water partition coefficient (Wildman–Crippen LogP) is 3.86. The average Bonchev–Trinajstić information content (AvgIpc) is 2.08. The van der Waals surface area contributed by atoms with Gasteiger partial charge in [-0.2, -0.15) is 0 Å². The highest BCUT2D eigenvalue weighted by molar-refractivity contribution is 9.10. The fourth-order valence-corrected chi connectivity index (χ4v) is 2.25. The molecule has 12 heavy (non-hydrogen) atoms. The molecule has 0 N–H and O–H groups in total. The summed E-state index contributed by atoms with van der Waals surface area (Å²) < 4.78 is 1.16. The first-order valence-corrected chi connectivity index (χ1v) is 5.43. The molecule has 0 fully saturated rings. The Kier molecular flexibility index (Phi) is 3.66. The van der Waals surface area contributed by atoms with Gasteiger partial charge in [-0.15, -0.1) is 12.6 Å². The third-order valence-corrected chi connectivity index (χ3v) is 3.03. The van der Waals surface area contributed by atoms with Gasteiger partial charge in [0.25, 0.3) is 0 Å². The summed E-state index contributed by atoms with van der Waals surface area (Å²) in [7, 11) is 0. The van der Waals surface area contributed by atoms with Crippen LogP contribution in [0.1, 0.15) is 25.0 Å². The van der Waals surface area contributed by atoms with Crippen LogP contribution in [0.4, 0.5) is 0 Å². The van der Waals surface area contributed by atoms with E-state index in [0.717, 1.165) is 22.2 Å². The topological polar surface area (TPSA) is 0 Å². The molecule has 0 heterocycles. The molecule has 0 bridgehead atoms. The molecule has 1 aromatic rings. The van der Waals surface area contributed by atoms with E-state index in [1.165, 1.54) is 11.1 Å². The summed E-state index contributed by atoms with van der Waals surface area (Å²) in [6.07, 6.45) is 2.09. The first-order valence-electron chi connectivity index (χ1n) is 4.19. The van der Waals surface area contributed by atoms with E-state index in [9.17, 15) is 0 Å². The minimum atomic E-state index is 1.05. The second-order valence-corrected chi connectivity index (χ2v) is 4.14. The van der Waals surface area contributed by atoms with Crippen LogP contribution in [0.25, 0.3) is 0 Å². The quantitative estimate of drug-likeness (QED) is 0.751. The molecule has 0 aliphatic heterocycles. The fraction of sp³-hybridized carbons (Fsp3) is 0.400. The zero-order valence-electron chi connectivity index (χ0n) is 7.39. The van der Waals surface area contributed by atoms with E-state index in [2.05, 4.69) is 54.5 Å². The van der Waals surface area contributed by atoms with Crippen molar-refractivity contribution in [3.8, 4) is 0 Å². The van der Waals surface area contributed by atoms with Crippen molar-refractivity contribution in [1.82, 2.24) is 0 Å². The van der Waals surface area contributed by atoms with Gasteiger partial charge in [0.05, 0.1) is 0 Å². The van der Waals surface area contributed by atoms with Gasteiger partial charge in [-0.3, -0.25) is 0 Å². The van der Waals surface area contributed by atoms with Crippen LogP contribution < -0.4 is 0 Å². The number of hydrogen-bond acceptors (Lipinski definition) is 1. The molecule has 0 aliphatic carbocycles. The Morgan fingerprint density at radius 1 is 1.17 bits per heavy atom. The summed E-state index contributed by atoms with van der Waals surface area (Å²) in [4.78, 5) is 1.16. The van der Waals surface area contributed by atoms with Crippen molar-refractivity contribution in [1.29, 1.82) is 0 Å². The third kappa shape index (κ3) is 2.05. The number of thiol groups is 1. The summed E-state index contributed by atoms with van der Waals surface area (Å²) in [6, 6.07) is 4.28. The summed E-state index contributed by atoms with van der Waals surface area (Å²) in [5, 5.41) is 0. The van der Waals surface area contributed by atoms with Crippen LogP contribution in [-0.4, -0.2) is 0 Å². The second kappa shape index (κ2) is 4.33. The van der Waals surface area contributed by atoms with Crippen LogP contribution in [0.3, 0.4) is 0 Å². The number of rotatable bonds is 2. The molecule has 2 heteroatoms. The lowest BCUT2D eigenvalue weighted by Gasteiger charge is -2.08. The zero-order chi connectivity index (χ0) is 9.14. The minimum Gasteiger partial charge on any atom is -0.143 e. The molecular formula is C10H13BrS. The van der Waals surface area contributed by atoms with Gasteiger partial charge in [0.1, 0.15) is 0 Å². The molecule has 66 valence electrons. The van der Waals surface area contributed by atoms with Crippen molar-refractivity contribution in [2.45, 2.75) is 31.6 Å². The Bertz CT molecular complexity index is 256. The first-order chi connectivity index (χ1) is 5.69. The van der Waals surface area contributed by atoms with Gasteiger partial charge in [0, 0.05) is 9.37 Å². The molecule has 0 aromatic heterocycles. The Hall–Kier alpha value is 0.0500. The maximum absolute atomic E-state index is 4.50. The lowest BCUT2D eigenvalue weighted by Crippen LogP contribution is -1.90. The van der Waals surface area contributed by atoms with Crippen molar-refractivity contribution < 1.29 is 0 Å². The SMILES string of the molecule is CCc1cc(Br)cc(CC)c1S. The first kappa shape index (κ1) is 10.1. The maximum Gasteiger partial charge on any atom is 0.0181 e. The second-order valence-electron chi connectivity index (χ2n) is 2.78. The molecule has 0 saturated carbocycles. The number of aryl methyl sites for hydroxylation is 2. The molecule has 0 unspecified atom stereocenters. The Balaban J connectivity index is 3.22. The zero-order valence-corrected chi connectivity index (χ0v) is 9.87. The third-order valence-electron chi connectivity index (χ3n) is 1.99. The molecule has 0 spiro atoms. The van der Waals surface area contributed by atoms with Crippen LogP contribution in [-0.2, 0) is 12.8 Å². The van der Waals surface area contributed by atoms with Gasteiger partial charge in [-0.1, -0.05) is 29.8 Å². The lowest BCUT2D eigenvalue weighted by atomic mass is 10.1. The minimum absolute atomic E-state index is 1.05. The fourth-order valence-electron chi connectivity index (χ4n) is 1.26. The van der Waals surface area contributed by atoms with Gasteiger partial charge < -0.3 is 0 Å². The van der Waals surface area contributed by atoms with E-state index >= 15 is 0 Å². The van der Waals surface area contributed by atoms with Gasteiger partial charge in [0.15, 0.2) is 0 Å². The van der Waals surface area contributed by atoms with E-state index < -0.39 is 0 Å². The van der Waals surface area contributed by atoms with E-state index in [-0.39, 0.29) is 0 Å². The predicted molar refractivity (Wildman–Crippen MR) is 60.2 cm³/mol. The Labute approximate surface area is 87.9 Å². The molecule has 0 aliphatic rings. The Morgan fingerprint density at radius 2 is 1.58 bits per heavy atom. The highest BCUT2D eigenvalue weighted by atomic mass is 79.9. The van der Waals surface area contributed by atoms with Crippen molar-refractivity contribution in [3.05, 3.63) is 27.7 Å². The normalized spacial score (nSPS) is 10.3. The molecule has 0 atom stereocenters. The summed E-state index contributed by atoms with van der Waals surface area (Å²) in [6.45, 7) is 4.31. The summed E-state index contributed by atoms with van der Waals surface area (Å²) >= 11 is 7.99. The van der Waals surface area contributed by atoms with Gasteiger partial charge in [-0.05, 0) is 36.1 Å². The Morgan fingerprint density at radius 3 is 1.92 bits per heavy atom. The average molecular weight is 245 g/mol. The van der Waals surface area contributed by atoms with Crippen molar-refractivity contribution in [2.24, 2.45) is 0 Å². The number of hydrogen-bond donors (Lipinski definition) is 1. The van der Waals surface area contributed by atoms with E-state index in [0.29, 0.717) is 0 Å². The van der Waals surface area contributed by atoms with Crippen LogP contribution in [0.5, 0.6) is 0 Å². The van der Waals surface area contributed by atoms with E-state index in [1.807, 2.05) is 0 Å². The van der Waals surface area contributed by atoms with Gasteiger partial charge in [0.2, 0.25) is 0 Å². The van der Waals surface area contributed by atoms with Crippen molar-refractivity contribution in [3.63, 3.8) is 0 Å². The molecule has 1 aromatic carbocycles. The van der Waals surface area contributed by atoms with E-state index in [4.69, 9.17) is 0 Å². The molecule has 0 radical (unpaired) electrons. The summed E-state index contributed by atoms with van der Waals surface area (Å²) in [5.41, 5.74) is 2.65. The summed E-state index contributed by atoms with van der Waals surface area (Å²) in [5.74, 6) is 0. The standard InChI is InChI=1S/C10H13BrS/c1-3-7-5-9(11)6-8(4-2)10(7)12/h5-6,12H,3-4H2,1-2H3. The largest absolute Gasteiger partial charge is 0.143 e. The van der Waals surface area contributed by atoms with Crippen LogP contribution >= 0.6 is 28.6 Å². The molecule has 0 amide bonds. The number of halogens is 1. The molecule has 0 saturated heterocycles. The van der Waals surface area contributed by atoms with Crippen molar-refractivity contribution in [2.75, 3.05) is 0 Å². The van der Waals surface area contributed by atoms with Crippen molar-refractivity contribution >= 4 is 28.6 Å². The smallest absolute Gasteiger partial charge is 0.0181 e. The monoisotopic (exact) mass is 244 g/mol. The van der Waals surface area contributed by atoms with Crippen LogP contribution in [0, 0.1) is 0 Å². The highest BCUT2D eigenvalue weighted by Crippen LogP contribution is 2.25. The van der Waals surface area contributed by atoms with E-state index in [1.54, 1.807) is 0 Å². The molecule has 0 nitrogen and oxygen atoms in total. The highest BCUT2D eigenvalue weighted by Gasteiger charge is 2.03. The van der Waals surface area contributed by atoms with Crippen LogP contribution in [0.2, 0.25) is 0 Å². The molecule has 1 rings (SSSR count). The maximum atomic E-state index is 4.50. The number of benzene rings is 1. The van der Waals surface area contributed by atoms with Gasteiger partial charge >= 0.3 is 0 Å².